The first-order valence-electron chi connectivity index (χ1n) is 7.67. The van der Waals surface area contributed by atoms with E-state index in [9.17, 15) is 9.59 Å². The maximum atomic E-state index is 12.6. The molecule has 0 saturated heterocycles. The van der Waals surface area contributed by atoms with Crippen LogP contribution in [0.3, 0.4) is 0 Å². The molecule has 1 saturated carbocycles. The van der Waals surface area contributed by atoms with E-state index < -0.39 is 5.97 Å². The van der Waals surface area contributed by atoms with Gasteiger partial charge in [-0.1, -0.05) is 30.3 Å². The van der Waals surface area contributed by atoms with Gasteiger partial charge in [-0.15, -0.1) is 0 Å². The zero-order valence-corrected chi connectivity index (χ0v) is 12.9. The zero-order chi connectivity index (χ0) is 16.4. The van der Waals surface area contributed by atoms with Crippen LogP contribution in [-0.2, 0) is 11.8 Å². The topological polar surface area (TPSA) is 84.2 Å². The molecule has 1 fully saturated rings. The quantitative estimate of drug-likeness (QED) is 0.905. The van der Waals surface area contributed by atoms with Gasteiger partial charge in [-0.3, -0.25) is 14.3 Å². The van der Waals surface area contributed by atoms with Gasteiger partial charge in [0.05, 0.1) is 23.4 Å². The molecule has 23 heavy (non-hydrogen) atoms. The molecule has 1 aliphatic carbocycles. The molecule has 120 valence electrons. The number of carboxylic acids is 1. The highest BCUT2D eigenvalue weighted by atomic mass is 16.4. The number of benzene rings is 1. The molecule has 1 heterocycles. The van der Waals surface area contributed by atoms with E-state index in [-0.39, 0.29) is 17.9 Å². The van der Waals surface area contributed by atoms with Gasteiger partial charge < -0.3 is 10.4 Å². The molecule has 6 heteroatoms. The molecule has 3 rings (SSSR count). The normalized spacial score (nSPS) is 20.4. The third-order valence-electron chi connectivity index (χ3n) is 4.35. The van der Waals surface area contributed by atoms with Gasteiger partial charge in [0.25, 0.3) is 5.91 Å². The maximum Gasteiger partial charge on any atom is 0.306 e. The van der Waals surface area contributed by atoms with Gasteiger partial charge in [-0.25, -0.2) is 0 Å². The lowest BCUT2D eigenvalue weighted by atomic mass is 10.1. The van der Waals surface area contributed by atoms with Crippen LogP contribution in [0.1, 0.15) is 29.6 Å². The zero-order valence-electron chi connectivity index (χ0n) is 12.9. The summed E-state index contributed by atoms with van der Waals surface area (Å²) in [4.78, 5) is 23.6. The van der Waals surface area contributed by atoms with Crippen molar-refractivity contribution < 1.29 is 14.7 Å². The van der Waals surface area contributed by atoms with Gasteiger partial charge in [0.1, 0.15) is 0 Å². The van der Waals surface area contributed by atoms with E-state index in [2.05, 4.69) is 10.4 Å². The number of amides is 1. The van der Waals surface area contributed by atoms with E-state index in [0.717, 1.165) is 11.3 Å². The Labute approximate surface area is 134 Å². The van der Waals surface area contributed by atoms with Crippen LogP contribution < -0.4 is 5.32 Å². The number of aliphatic carboxylic acids is 1. The first-order valence-corrected chi connectivity index (χ1v) is 7.67. The monoisotopic (exact) mass is 313 g/mol. The molecule has 1 aliphatic rings. The Morgan fingerprint density at radius 3 is 2.65 bits per heavy atom. The summed E-state index contributed by atoms with van der Waals surface area (Å²) in [5, 5.41) is 16.2. The Bertz CT molecular complexity index is 724. The lowest BCUT2D eigenvalue weighted by Crippen LogP contribution is -2.33. The summed E-state index contributed by atoms with van der Waals surface area (Å²) in [6.07, 6.45) is 3.35. The first kappa shape index (κ1) is 15.3. The molecule has 0 bridgehead atoms. The van der Waals surface area contributed by atoms with E-state index >= 15 is 0 Å². The molecule has 2 aromatic rings. The van der Waals surface area contributed by atoms with Crippen LogP contribution in [0.4, 0.5) is 0 Å². The largest absolute Gasteiger partial charge is 0.481 e. The van der Waals surface area contributed by atoms with E-state index in [1.54, 1.807) is 17.9 Å². The number of carboxylic acid groups (broad SMARTS) is 1. The molecule has 0 unspecified atom stereocenters. The SMILES string of the molecule is Cn1ncc(C(=O)N[C@@H]2CC[C@H](C(=O)O)C2)c1-c1ccccc1. The summed E-state index contributed by atoms with van der Waals surface area (Å²) in [5.74, 6) is -1.34. The van der Waals surface area contributed by atoms with Crippen molar-refractivity contribution in [2.24, 2.45) is 13.0 Å². The van der Waals surface area contributed by atoms with Gasteiger partial charge in [-0.05, 0) is 19.3 Å². The van der Waals surface area contributed by atoms with Crippen molar-refractivity contribution in [1.82, 2.24) is 15.1 Å². The van der Waals surface area contributed by atoms with Crippen LogP contribution in [-0.4, -0.2) is 32.8 Å². The number of aromatic nitrogens is 2. The number of carbonyl (C=O) groups excluding carboxylic acids is 1. The highest BCUT2D eigenvalue weighted by Gasteiger charge is 2.31. The summed E-state index contributed by atoms with van der Waals surface area (Å²) in [6.45, 7) is 0. The van der Waals surface area contributed by atoms with Crippen LogP contribution >= 0.6 is 0 Å². The smallest absolute Gasteiger partial charge is 0.306 e. The maximum absolute atomic E-state index is 12.6. The lowest BCUT2D eigenvalue weighted by molar-refractivity contribution is -0.141. The van der Waals surface area contributed by atoms with Gasteiger partial charge >= 0.3 is 5.97 Å². The van der Waals surface area contributed by atoms with Crippen LogP contribution in [0.15, 0.2) is 36.5 Å². The van der Waals surface area contributed by atoms with Crippen molar-refractivity contribution in [3.63, 3.8) is 0 Å². The van der Waals surface area contributed by atoms with E-state index in [1.807, 2.05) is 30.3 Å². The van der Waals surface area contributed by atoms with E-state index in [1.165, 1.54) is 0 Å². The lowest BCUT2D eigenvalue weighted by Gasteiger charge is -2.13. The van der Waals surface area contributed by atoms with Gasteiger partial charge in [0.15, 0.2) is 0 Å². The Balaban J connectivity index is 1.78. The number of carbonyl (C=O) groups is 2. The fraction of sp³-hybridized carbons (Fsp3) is 0.353. The van der Waals surface area contributed by atoms with E-state index in [0.29, 0.717) is 24.8 Å². The Kier molecular flexibility index (Phi) is 4.14. The number of hydrogen-bond acceptors (Lipinski definition) is 3. The highest BCUT2D eigenvalue weighted by Crippen LogP contribution is 2.27. The summed E-state index contributed by atoms with van der Waals surface area (Å²) in [6, 6.07) is 9.53. The van der Waals surface area contributed by atoms with Crippen LogP contribution in [0.5, 0.6) is 0 Å². The predicted molar refractivity (Wildman–Crippen MR) is 84.9 cm³/mol. The van der Waals surface area contributed by atoms with Gasteiger partial charge in [0, 0.05) is 18.7 Å². The van der Waals surface area contributed by atoms with E-state index in [4.69, 9.17) is 5.11 Å². The molecule has 0 spiro atoms. The van der Waals surface area contributed by atoms with Gasteiger partial charge in [0.2, 0.25) is 0 Å². The fourth-order valence-electron chi connectivity index (χ4n) is 3.14. The summed E-state index contributed by atoms with van der Waals surface area (Å²) < 4.78 is 1.68. The molecule has 1 amide bonds. The fourth-order valence-corrected chi connectivity index (χ4v) is 3.14. The third kappa shape index (κ3) is 3.11. The summed E-state index contributed by atoms with van der Waals surface area (Å²) in [7, 11) is 1.80. The highest BCUT2D eigenvalue weighted by molar-refractivity contribution is 6.00. The minimum absolute atomic E-state index is 0.0903. The van der Waals surface area contributed by atoms with Crippen LogP contribution in [0.25, 0.3) is 11.3 Å². The number of nitrogens with one attached hydrogen (secondary N) is 1. The third-order valence-corrected chi connectivity index (χ3v) is 4.35. The Hall–Kier alpha value is -2.63. The second kappa shape index (κ2) is 6.24. The van der Waals surface area contributed by atoms with Crippen molar-refractivity contribution >= 4 is 11.9 Å². The summed E-state index contributed by atoms with van der Waals surface area (Å²) >= 11 is 0. The molecule has 0 aliphatic heterocycles. The minimum atomic E-state index is -0.784. The number of aryl methyl sites for hydroxylation is 1. The molecule has 0 radical (unpaired) electrons. The Morgan fingerprint density at radius 1 is 1.26 bits per heavy atom. The van der Waals surface area contributed by atoms with Gasteiger partial charge in [-0.2, -0.15) is 5.10 Å². The first-order chi connectivity index (χ1) is 11.1. The Morgan fingerprint density at radius 2 is 2.00 bits per heavy atom. The van der Waals surface area contributed by atoms with Crippen molar-refractivity contribution in [2.75, 3.05) is 0 Å². The standard InChI is InChI=1S/C17H19N3O3/c1-20-15(11-5-3-2-4-6-11)14(10-18-20)16(21)19-13-8-7-12(9-13)17(22)23/h2-6,10,12-13H,7-9H2,1H3,(H,19,21)(H,22,23)/t12-,13+/m0/s1. The van der Waals surface area contributed by atoms with Crippen LogP contribution in [0.2, 0.25) is 0 Å². The van der Waals surface area contributed by atoms with Crippen molar-refractivity contribution in [1.29, 1.82) is 0 Å². The second-order valence-corrected chi connectivity index (χ2v) is 5.92. The number of rotatable bonds is 4. The molecule has 1 aromatic carbocycles. The molecule has 2 atom stereocenters. The minimum Gasteiger partial charge on any atom is -0.481 e. The number of hydrogen-bond donors (Lipinski definition) is 2. The molecular formula is C17H19N3O3. The average molecular weight is 313 g/mol. The van der Waals surface area contributed by atoms with Crippen LogP contribution in [0, 0.1) is 5.92 Å². The molecular weight excluding hydrogens is 294 g/mol. The summed E-state index contributed by atoms with van der Waals surface area (Å²) in [5.41, 5.74) is 2.20. The molecule has 2 N–H and O–H groups in total. The molecule has 1 aromatic heterocycles. The second-order valence-electron chi connectivity index (χ2n) is 5.92. The number of nitrogens with zero attached hydrogens (tertiary/aromatic N) is 2. The predicted octanol–water partition coefficient (Wildman–Crippen LogP) is 2.07. The average Bonchev–Trinajstić information content (AvgIpc) is 3.15. The van der Waals surface area contributed by atoms with Crippen molar-refractivity contribution in [3.05, 3.63) is 42.1 Å². The van der Waals surface area contributed by atoms with Crippen molar-refractivity contribution in [2.45, 2.75) is 25.3 Å². The van der Waals surface area contributed by atoms with Crippen molar-refractivity contribution in [3.8, 4) is 11.3 Å². The molecule has 6 nitrogen and oxygen atoms in total.